The standard InChI is InChI=1S/C33H31N4O3.ClH/c1-2-40-31(39)23-30(38)37(36-21-13-6-14-22-36)32(29-24-34-25-35-29)33(26-15-7-3-8-16-26,27-17-9-4-10-18-27)28-19-11-5-12-20-28;/h3-22,24-25,32H,2,23H2,1H3,(H,34,35);1H/q+1;/p-1. The highest BCUT2D eigenvalue weighted by Crippen LogP contribution is 2.50. The highest BCUT2D eigenvalue weighted by molar-refractivity contribution is 5.99. The van der Waals surface area contributed by atoms with Crippen LogP contribution >= 0.6 is 0 Å². The van der Waals surface area contributed by atoms with E-state index in [1.54, 1.807) is 41.5 Å². The Kier molecular flexibility index (Phi) is 9.66. The molecule has 0 aliphatic rings. The third kappa shape index (κ3) is 5.90. The summed E-state index contributed by atoms with van der Waals surface area (Å²) in [5, 5.41) is 1.64. The van der Waals surface area contributed by atoms with Crippen LogP contribution in [0.15, 0.2) is 134 Å². The highest BCUT2D eigenvalue weighted by Gasteiger charge is 2.53. The third-order valence-electron chi connectivity index (χ3n) is 6.96. The molecule has 1 N–H and O–H groups in total. The molecule has 2 heterocycles. The summed E-state index contributed by atoms with van der Waals surface area (Å²) in [4.78, 5) is 34.6. The summed E-state index contributed by atoms with van der Waals surface area (Å²) in [5.74, 6) is -0.997. The van der Waals surface area contributed by atoms with E-state index >= 15 is 0 Å². The second-order valence-electron chi connectivity index (χ2n) is 9.29. The predicted molar refractivity (Wildman–Crippen MR) is 152 cm³/mol. The van der Waals surface area contributed by atoms with Gasteiger partial charge in [0.2, 0.25) is 0 Å². The van der Waals surface area contributed by atoms with Gasteiger partial charge < -0.3 is 22.1 Å². The van der Waals surface area contributed by atoms with E-state index in [1.165, 1.54) is 0 Å². The number of nitrogens with zero attached hydrogens (tertiary/aromatic N) is 3. The maximum absolute atomic E-state index is 14.3. The maximum atomic E-state index is 14.3. The highest BCUT2D eigenvalue weighted by atomic mass is 35.5. The second-order valence-corrected chi connectivity index (χ2v) is 9.29. The van der Waals surface area contributed by atoms with Crippen molar-refractivity contribution in [2.75, 3.05) is 11.6 Å². The summed E-state index contributed by atoms with van der Waals surface area (Å²) in [5.41, 5.74) is 2.68. The molecule has 0 bridgehead atoms. The van der Waals surface area contributed by atoms with Crippen LogP contribution in [0, 0.1) is 0 Å². The first-order chi connectivity index (χ1) is 19.7. The Labute approximate surface area is 245 Å². The fourth-order valence-electron chi connectivity index (χ4n) is 5.40. The first kappa shape index (κ1) is 29.2. The van der Waals surface area contributed by atoms with Gasteiger partial charge in [-0.1, -0.05) is 102 Å². The number of amides is 1. The van der Waals surface area contributed by atoms with Gasteiger partial charge >= 0.3 is 5.97 Å². The first-order valence-corrected chi connectivity index (χ1v) is 13.2. The van der Waals surface area contributed by atoms with Crippen molar-refractivity contribution < 1.29 is 31.4 Å². The zero-order valence-corrected chi connectivity index (χ0v) is 23.4. The van der Waals surface area contributed by atoms with Gasteiger partial charge in [-0.2, -0.15) is 0 Å². The van der Waals surface area contributed by atoms with Crippen LogP contribution in [0.1, 0.15) is 41.8 Å². The molecule has 8 heteroatoms. The van der Waals surface area contributed by atoms with Crippen LogP contribution in [0.4, 0.5) is 0 Å². The van der Waals surface area contributed by atoms with E-state index in [-0.39, 0.29) is 19.0 Å². The number of halogens is 1. The van der Waals surface area contributed by atoms with Crippen LogP contribution in [-0.2, 0) is 19.7 Å². The van der Waals surface area contributed by atoms with Crippen LogP contribution in [0.2, 0.25) is 0 Å². The number of hydrogen-bond acceptors (Lipinski definition) is 4. The number of benzene rings is 3. The van der Waals surface area contributed by atoms with Gasteiger partial charge in [0.25, 0.3) is 5.91 Å². The number of H-pyrrole nitrogens is 1. The summed E-state index contributed by atoms with van der Waals surface area (Å²) < 4.78 is 6.93. The number of esters is 1. The van der Waals surface area contributed by atoms with Crippen molar-refractivity contribution in [3.05, 3.63) is 156 Å². The predicted octanol–water partition coefficient (Wildman–Crippen LogP) is 1.89. The number of hydrogen-bond donors (Lipinski definition) is 1. The van der Waals surface area contributed by atoms with Gasteiger partial charge in [-0.3, -0.25) is 9.59 Å². The SMILES string of the molecule is CCOC(=O)CC(=O)N(C(c1cnc[nH]1)C(c1ccccc1)(c1ccccc1)c1ccccc1)[n+]1ccccc1.[Cl-]. The molecule has 1 unspecified atom stereocenters. The molecule has 2 aromatic heterocycles. The molecule has 3 aromatic carbocycles. The van der Waals surface area contributed by atoms with Gasteiger partial charge in [-0.15, -0.1) is 5.01 Å². The fraction of sp³-hybridized carbons (Fsp3) is 0.152. The number of pyridine rings is 1. The number of imidazole rings is 1. The lowest BCUT2D eigenvalue weighted by Gasteiger charge is -2.43. The minimum atomic E-state index is -0.927. The van der Waals surface area contributed by atoms with E-state index in [2.05, 4.69) is 46.4 Å². The van der Waals surface area contributed by atoms with Gasteiger partial charge in [0, 0.05) is 12.1 Å². The van der Waals surface area contributed by atoms with Crippen LogP contribution < -0.4 is 22.1 Å². The largest absolute Gasteiger partial charge is 1.00 e. The van der Waals surface area contributed by atoms with E-state index in [9.17, 15) is 9.59 Å². The normalized spacial score (nSPS) is 11.6. The first-order valence-electron chi connectivity index (χ1n) is 13.2. The Bertz CT molecular complexity index is 1420. The van der Waals surface area contributed by atoms with E-state index in [0.717, 1.165) is 16.7 Å². The summed E-state index contributed by atoms with van der Waals surface area (Å²) in [6, 6.07) is 35.3. The van der Waals surface area contributed by atoms with Gasteiger partial charge in [0.15, 0.2) is 18.4 Å². The maximum Gasteiger partial charge on any atom is 0.315 e. The third-order valence-corrected chi connectivity index (χ3v) is 6.96. The molecular weight excluding hydrogens is 536 g/mol. The number of nitrogens with one attached hydrogen (secondary N) is 1. The number of aromatic amines is 1. The number of rotatable bonds is 10. The average molecular weight is 567 g/mol. The molecule has 5 aromatic rings. The Morgan fingerprint density at radius 2 is 1.32 bits per heavy atom. The minimum absolute atomic E-state index is 0. The molecule has 1 atom stereocenters. The zero-order chi connectivity index (χ0) is 27.8. The molecule has 208 valence electrons. The summed E-state index contributed by atoms with van der Waals surface area (Å²) in [6.45, 7) is 1.92. The van der Waals surface area contributed by atoms with Crippen molar-refractivity contribution in [1.82, 2.24) is 9.97 Å². The monoisotopic (exact) mass is 566 g/mol. The van der Waals surface area contributed by atoms with Crippen molar-refractivity contribution in [2.24, 2.45) is 0 Å². The minimum Gasteiger partial charge on any atom is -1.00 e. The molecule has 41 heavy (non-hydrogen) atoms. The summed E-state index contributed by atoms with van der Waals surface area (Å²) >= 11 is 0. The van der Waals surface area contributed by atoms with E-state index in [1.807, 2.05) is 72.8 Å². The Morgan fingerprint density at radius 1 is 0.829 bits per heavy atom. The smallest absolute Gasteiger partial charge is 0.315 e. The van der Waals surface area contributed by atoms with Crippen LogP contribution in [0.5, 0.6) is 0 Å². The Balaban J connectivity index is 0.00000387. The fourth-order valence-corrected chi connectivity index (χ4v) is 5.40. The molecule has 5 rings (SSSR count). The molecule has 0 saturated heterocycles. The molecule has 0 radical (unpaired) electrons. The number of carbonyl (C=O) groups is 2. The Morgan fingerprint density at radius 3 is 1.76 bits per heavy atom. The molecule has 0 spiro atoms. The van der Waals surface area contributed by atoms with Crippen LogP contribution in [-0.4, -0.2) is 28.5 Å². The molecule has 0 aliphatic heterocycles. The van der Waals surface area contributed by atoms with E-state index in [0.29, 0.717) is 5.69 Å². The molecule has 0 fully saturated rings. The zero-order valence-electron chi connectivity index (χ0n) is 22.6. The van der Waals surface area contributed by atoms with Crippen molar-refractivity contribution >= 4 is 11.9 Å². The molecule has 0 aliphatic carbocycles. The quantitative estimate of drug-likeness (QED) is 0.121. The van der Waals surface area contributed by atoms with Crippen molar-refractivity contribution in [3.8, 4) is 0 Å². The molecule has 0 saturated carbocycles. The van der Waals surface area contributed by atoms with E-state index < -0.39 is 29.8 Å². The lowest BCUT2D eigenvalue weighted by atomic mass is 9.63. The number of ether oxygens (including phenoxy) is 1. The van der Waals surface area contributed by atoms with Gasteiger partial charge in [0.1, 0.15) is 6.42 Å². The van der Waals surface area contributed by atoms with Crippen molar-refractivity contribution in [3.63, 3.8) is 0 Å². The summed E-state index contributed by atoms with van der Waals surface area (Å²) in [7, 11) is 0. The molecule has 7 nitrogen and oxygen atoms in total. The molecule has 1 amide bonds. The Hall–Kier alpha value is -4.75. The van der Waals surface area contributed by atoms with Crippen LogP contribution in [0.3, 0.4) is 0 Å². The second kappa shape index (κ2) is 13.5. The summed E-state index contributed by atoms with van der Waals surface area (Å²) in [6.07, 6.45) is 6.53. The van der Waals surface area contributed by atoms with E-state index in [4.69, 9.17) is 4.74 Å². The van der Waals surface area contributed by atoms with Gasteiger partial charge in [0.05, 0.1) is 30.2 Å². The van der Waals surface area contributed by atoms with Crippen molar-refractivity contribution in [2.45, 2.75) is 24.8 Å². The molecular formula is C33H31ClN4O3. The van der Waals surface area contributed by atoms with Crippen molar-refractivity contribution in [1.29, 1.82) is 0 Å². The lowest BCUT2D eigenvalue weighted by Crippen LogP contribution is -3.00. The number of carbonyl (C=O) groups excluding carboxylic acids is 2. The van der Waals surface area contributed by atoms with Gasteiger partial charge in [-0.05, 0) is 23.6 Å². The van der Waals surface area contributed by atoms with Crippen LogP contribution in [0.25, 0.3) is 0 Å². The topological polar surface area (TPSA) is 79.2 Å². The lowest BCUT2D eigenvalue weighted by molar-refractivity contribution is -0.689. The number of aromatic nitrogens is 3. The average Bonchev–Trinajstić information content (AvgIpc) is 3.54. The van der Waals surface area contributed by atoms with Gasteiger partial charge in [-0.25, -0.2) is 4.98 Å².